The lowest BCUT2D eigenvalue weighted by molar-refractivity contribution is -0.131. The molecule has 3 atom stereocenters. The summed E-state index contributed by atoms with van der Waals surface area (Å²) in [6.45, 7) is 2.50. The lowest BCUT2D eigenvalue weighted by Crippen LogP contribution is -2.52. The highest BCUT2D eigenvalue weighted by Gasteiger charge is 2.43. The van der Waals surface area contributed by atoms with Crippen molar-refractivity contribution < 1.29 is 17.9 Å². The van der Waals surface area contributed by atoms with Crippen LogP contribution in [0.4, 0.5) is 0 Å². The van der Waals surface area contributed by atoms with E-state index in [1.807, 2.05) is 0 Å². The fourth-order valence-electron chi connectivity index (χ4n) is 3.46. The third-order valence-corrected chi connectivity index (χ3v) is 6.20. The maximum Gasteiger partial charge on any atom is 0.249 e. The Hall–Kier alpha value is -0.660. The highest BCUT2D eigenvalue weighted by molar-refractivity contribution is 7.91. The monoisotopic (exact) mass is 302 g/mol. The molecule has 3 aliphatic rings. The molecule has 0 saturated carbocycles. The van der Waals surface area contributed by atoms with Crippen molar-refractivity contribution in [2.75, 3.05) is 31.2 Å². The van der Waals surface area contributed by atoms with Crippen molar-refractivity contribution in [3.8, 4) is 0 Å². The van der Waals surface area contributed by atoms with Crippen LogP contribution >= 0.6 is 0 Å². The molecule has 7 heteroatoms. The Morgan fingerprint density at radius 3 is 2.55 bits per heavy atom. The minimum absolute atomic E-state index is 0.0621. The first-order valence-electron chi connectivity index (χ1n) is 7.42. The second-order valence-corrected chi connectivity index (χ2v) is 8.16. The quantitative estimate of drug-likeness (QED) is 0.764. The molecule has 0 unspecified atom stereocenters. The summed E-state index contributed by atoms with van der Waals surface area (Å²) in [4.78, 5) is 14.3. The van der Waals surface area contributed by atoms with Crippen molar-refractivity contribution in [3.05, 3.63) is 0 Å². The van der Waals surface area contributed by atoms with Gasteiger partial charge in [-0.15, -0.1) is 0 Å². The van der Waals surface area contributed by atoms with Gasteiger partial charge >= 0.3 is 0 Å². The second-order valence-electron chi connectivity index (χ2n) is 6.00. The van der Waals surface area contributed by atoms with E-state index in [0.717, 1.165) is 38.8 Å². The van der Waals surface area contributed by atoms with Crippen LogP contribution < -0.4 is 5.32 Å². The summed E-state index contributed by atoms with van der Waals surface area (Å²) >= 11 is 0. The average molecular weight is 302 g/mol. The van der Waals surface area contributed by atoms with Gasteiger partial charge in [0, 0.05) is 12.6 Å². The Morgan fingerprint density at radius 1 is 1.15 bits per heavy atom. The van der Waals surface area contributed by atoms with Crippen molar-refractivity contribution in [2.45, 2.75) is 43.9 Å². The third kappa shape index (κ3) is 2.99. The highest BCUT2D eigenvalue weighted by atomic mass is 32.2. The summed E-state index contributed by atoms with van der Waals surface area (Å²) in [7, 11) is -3.05. The summed E-state index contributed by atoms with van der Waals surface area (Å²) < 4.78 is 29.2. The predicted molar refractivity (Wildman–Crippen MR) is 74.2 cm³/mol. The van der Waals surface area contributed by atoms with Crippen molar-refractivity contribution in [1.29, 1.82) is 0 Å². The van der Waals surface area contributed by atoms with Crippen LogP contribution in [0.5, 0.6) is 0 Å². The smallest absolute Gasteiger partial charge is 0.249 e. The number of hydrogen-bond acceptors (Lipinski definition) is 5. The maximum absolute atomic E-state index is 12.1. The molecule has 0 aliphatic carbocycles. The Balaban J connectivity index is 1.67. The SMILES string of the molecule is O=C(N[C@@H]1CS(=O)(=O)C[C@H]1N1CCCC1)[C@H]1CCCO1. The van der Waals surface area contributed by atoms with E-state index in [-0.39, 0.29) is 29.5 Å². The van der Waals surface area contributed by atoms with Gasteiger partial charge in [-0.25, -0.2) is 8.42 Å². The van der Waals surface area contributed by atoms with Crippen molar-refractivity contribution in [2.24, 2.45) is 0 Å². The lowest BCUT2D eigenvalue weighted by atomic mass is 10.1. The normalized spacial score (nSPS) is 37.3. The molecule has 1 amide bonds. The van der Waals surface area contributed by atoms with Gasteiger partial charge in [0.1, 0.15) is 6.10 Å². The molecule has 6 nitrogen and oxygen atoms in total. The zero-order valence-electron chi connectivity index (χ0n) is 11.6. The van der Waals surface area contributed by atoms with Gasteiger partial charge in [-0.3, -0.25) is 9.69 Å². The molecule has 1 N–H and O–H groups in total. The molecule has 0 spiro atoms. The fourth-order valence-corrected chi connectivity index (χ4v) is 5.41. The minimum atomic E-state index is -3.05. The number of carbonyl (C=O) groups is 1. The van der Waals surface area contributed by atoms with E-state index >= 15 is 0 Å². The summed E-state index contributed by atoms with van der Waals surface area (Å²) in [5.74, 6) is 0.0876. The van der Waals surface area contributed by atoms with Crippen LogP contribution in [-0.4, -0.2) is 68.6 Å². The molecular weight excluding hydrogens is 280 g/mol. The number of likely N-dealkylation sites (tertiary alicyclic amines) is 1. The lowest BCUT2D eigenvalue weighted by Gasteiger charge is -2.28. The maximum atomic E-state index is 12.1. The molecule has 3 heterocycles. The first kappa shape index (κ1) is 14.3. The fraction of sp³-hybridized carbons (Fsp3) is 0.923. The Kier molecular flexibility index (Phi) is 4.01. The first-order valence-corrected chi connectivity index (χ1v) is 9.24. The van der Waals surface area contributed by atoms with E-state index in [1.54, 1.807) is 0 Å². The van der Waals surface area contributed by atoms with Crippen LogP contribution in [-0.2, 0) is 19.4 Å². The summed E-state index contributed by atoms with van der Waals surface area (Å²) in [5, 5.41) is 2.92. The zero-order valence-corrected chi connectivity index (χ0v) is 12.4. The van der Waals surface area contributed by atoms with E-state index in [4.69, 9.17) is 4.74 Å². The van der Waals surface area contributed by atoms with Crippen molar-refractivity contribution in [3.63, 3.8) is 0 Å². The number of nitrogens with one attached hydrogen (secondary N) is 1. The molecule has 0 radical (unpaired) electrons. The van der Waals surface area contributed by atoms with E-state index < -0.39 is 15.9 Å². The molecule has 3 fully saturated rings. The largest absolute Gasteiger partial charge is 0.368 e. The van der Waals surface area contributed by atoms with E-state index in [0.29, 0.717) is 6.61 Å². The molecular formula is C13H22N2O4S. The van der Waals surface area contributed by atoms with Crippen molar-refractivity contribution in [1.82, 2.24) is 10.2 Å². The van der Waals surface area contributed by atoms with Crippen LogP contribution in [0.1, 0.15) is 25.7 Å². The predicted octanol–water partition coefficient (Wildman–Crippen LogP) is -0.457. The molecule has 20 heavy (non-hydrogen) atoms. The Bertz CT molecular complexity index is 467. The van der Waals surface area contributed by atoms with Crippen LogP contribution in [0.2, 0.25) is 0 Å². The summed E-state index contributed by atoms with van der Waals surface area (Å²) in [6, 6.07) is -0.345. The van der Waals surface area contributed by atoms with Crippen LogP contribution in [0.3, 0.4) is 0 Å². The number of carbonyl (C=O) groups excluding carboxylic acids is 1. The highest BCUT2D eigenvalue weighted by Crippen LogP contribution is 2.23. The van der Waals surface area contributed by atoms with E-state index in [2.05, 4.69) is 10.2 Å². The van der Waals surface area contributed by atoms with Gasteiger partial charge in [-0.1, -0.05) is 0 Å². The number of rotatable bonds is 3. The molecule has 0 aromatic rings. The molecule has 114 valence electrons. The standard InChI is InChI=1S/C13H22N2O4S/c16-13(12-4-3-7-19-12)14-10-8-20(17,18)9-11(10)15-5-1-2-6-15/h10-12H,1-9H2,(H,14,16)/t10-,11-,12-/m1/s1. The van der Waals surface area contributed by atoms with Crippen LogP contribution in [0.25, 0.3) is 0 Å². The van der Waals surface area contributed by atoms with Crippen molar-refractivity contribution >= 4 is 15.7 Å². The topological polar surface area (TPSA) is 75.7 Å². The number of hydrogen-bond donors (Lipinski definition) is 1. The van der Waals surface area contributed by atoms with Gasteiger partial charge in [0.05, 0.1) is 17.5 Å². The molecule has 3 aliphatic heterocycles. The van der Waals surface area contributed by atoms with E-state index in [9.17, 15) is 13.2 Å². The Morgan fingerprint density at radius 2 is 1.90 bits per heavy atom. The zero-order chi connectivity index (χ0) is 14.2. The van der Waals surface area contributed by atoms with Crippen LogP contribution in [0, 0.1) is 0 Å². The van der Waals surface area contributed by atoms with Crippen LogP contribution in [0.15, 0.2) is 0 Å². The number of sulfone groups is 1. The van der Waals surface area contributed by atoms with E-state index in [1.165, 1.54) is 0 Å². The first-order chi connectivity index (χ1) is 9.55. The third-order valence-electron chi connectivity index (χ3n) is 4.48. The van der Waals surface area contributed by atoms with Gasteiger partial charge in [-0.2, -0.15) is 0 Å². The number of nitrogens with zero attached hydrogens (tertiary/aromatic N) is 1. The number of ether oxygens (including phenoxy) is 1. The molecule has 0 aromatic heterocycles. The van der Waals surface area contributed by atoms with Gasteiger partial charge in [-0.05, 0) is 38.8 Å². The van der Waals surface area contributed by atoms with Gasteiger partial charge in [0.15, 0.2) is 9.84 Å². The summed E-state index contributed by atoms with van der Waals surface area (Å²) in [6.07, 6.45) is 3.47. The Labute approximate surface area is 119 Å². The minimum Gasteiger partial charge on any atom is -0.368 e. The molecule has 0 bridgehead atoms. The van der Waals surface area contributed by atoms with Gasteiger partial charge in [0.25, 0.3) is 0 Å². The van der Waals surface area contributed by atoms with Gasteiger partial charge in [0.2, 0.25) is 5.91 Å². The molecule has 0 aromatic carbocycles. The van der Waals surface area contributed by atoms with Gasteiger partial charge < -0.3 is 10.1 Å². The molecule has 3 saturated heterocycles. The second kappa shape index (κ2) is 5.61. The summed E-state index contributed by atoms with van der Waals surface area (Å²) in [5.41, 5.74) is 0. The molecule has 3 rings (SSSR count). The average Bonchev–Trinajstić information content (AvgIpc) is 3.08. The number of amides is 1.